The summed E-state index contributed by atoms with van der Waals surface area (Å²) in [5.74, 6) is 0.786. The smallest absolute Gasteiger partial charge is 0.251 e. The van der Waals surface area contributed by atoms with E-state index < -0.39 is 0 Å². The molecule has 1 atom stereocenters. The van der Waals surface area contributed by atoms with Gasteiger partial charge in [-0.15, -0.1) is 0 Å². The van der Waals surface area contributed by atoms with Crippen molar-refractivity contribution in [3.63, 3.8) is 0 Å². The average Bonchev–Trinajstić information content (AvgIpc) is 3.38. The molecule has 138 valence electrons. The Hall–Kier alpha value is -2.28. The fourth-order valence-electron chi connectivity index (χ4n) is 2.55. The van der Waals surface area contributed by atoms with Crippen LogP contribution in [0.5, 0.6) is 5.75 Å². The molecule has 0 spiro atoms. The van der Waals surface area contributed by atoms with E-state index >= 15 is 0 Å². The highest BCUT2D eigenvalue weighted by atomic mass is 32.2. The third kappa shape index (κ3) is 5.11. The van der Waals surface area contributed by atoms with Crippen molar-refractivity contribution in [1.29, 1.82) is 0 Å². The molecule has 1 aromatic carbocycles. The number of aromatic nitrogens is 2. The van der Waals surface area contributed by atoms with Crippen molar-refractivity contribution >= 4 is 17.7 Å². The van der Waals surface area contributed by atoms with Gasteiger partial charge in [-0.05, 0) is 38.8 Å². The number of para-hydroxylation sites is 1. The molecular weight excluding hydrogens is 350 g/mol. The molecular formula is C19H23N3O3S. The van der Waals surface area contributed by atoms with E-state index in [0.717, 1.165) is 18.6 Å². The molecule has 1 unspecified atom stereocenters. The van der Waals surface area contributed by atoms with Crippen molar-refractivity contribution in [2.45, 2.75) is 37.1 Å². The van der Waals surface area contributed by atoms with Crippen LogP contribution in [0.4, 0.5) is 0 Å². The molecule has 0 saturated heterocycles. The summed E-state index contributed by atoms with van der Waals surface area (Å²) in [7, 11) is 0. The van der Waals surface area contributed by atoms with E-state index in [1.807, 2.05) is 37.3 Å². The predicted octanol–water partition coefficient (Wildman–Crippen LogP) is 2.53. The molecule has 1 aliphatic carbocycles. The van der Waals surface area contributed by atoms with Crippen molar-refractivity contribution in [2.75, 3.05) is 13.2 Å². The fraction of sp³-hybridized carbons (Fsp3) is 0.421. The summed E-state index contributed by atoms with van der Waals surface area (Å²) in [5.41, 5.74) is 0.465. The Bertz CT molecular complexity index is 818. The molecule has 0 bridgehead atoms. The number of carbonyl (C=O) groups excluding carboxylic acids is 1. The van der Waals surface area contributed by atoms with Gasteiger partial charge in [-0.3, -0.25) is 9.59 Å². The van der Waals surface area contributed by atoms with E-state index in [4.69, 9.17) is 4.74 Å². The number of aromatic amines is 1. The van der Waals surface area contributed by atoms with Gasteiger partial charge < -0.3 is 15.0 Å². The van der Waals surface area contributed by atoms with Crippen molar-refractivity contribution < 1.29 is 9.53 Å². The number of nitrogens with zero attached hydrogens (tertiary/aromatic N) is 1. The number of rotatable bonds is 8. The number of benzene rings is 1. The molecule has 6 nitrogen and oxygen atoms in total. The van der Waals surface area contributed by atoms with Crippen LogP contribution in [0.1, 0.15) is 25.5 Å². The van der Waals surface area contributed by atoms with Crippen molar-refractivity contribution in [2.24, 2.45) is 5.41 Å². The largest absolute Gasteiger partial charge is 0.493 e. The molecule has 7 heteroatoms. The quantitative estimate of drug-likeness (QED) is 0.549. The zero-order valence-corrected chi connectivity index (χ0v) is 15.8. The van der Waals surface area contributed by atoms with Crippen LogP contribution in [0, 0.1) is 12.3 Å². The second-order valence-corrected chi connectivity index (χ2v) is 8.10. The lowest BCUT2D eigenvalue weighted by molar-refractivity contribution is -0.120. The number of nitrogens with one attached hydrogen (secondary N) is 2. The van der Waals surface area contributed by atoms with Gasteiger partial charge in [0, 0.05) is 23.7 Å². The zero-order chi connectivity index (χ0) is 18.6. The molecule has 26 heavy (non-hydrogen) atoms. The maximum atomic E-state index is 12.4. The van der Waals surface area contributed by atoms with Gasteiger partial charge in [0.05, 0.1) is 11.9 Å². The van der Waals surface area contributed by atoms with Crippen LogP contribution in [0.2, 0.25) is 0 Å². The van der Waals surface area contributed by atoms with Crippen LogP contribution >= 0.6 is 11.8 Å². The van der Waals surface area contributed by atoms with Gasteiger partial charge in [-0.1, -0.05) is 30.0 Å². The Labute approximate surface area is 156 Å². The minimum atomic E-state index is -0.342. The first-order chi connectivity index (χ1) is 12.5. The molecule has 3 rings (SSSR count). The number of ether oxygens (including phenoxy) is 1. The minimum absolute atomic E-state index is 0.0335. The molecule has 2 aromatic rings. The van der Waals surface area contributed by atoms with Gasteiger partial charge in [0.25, 0.3) is 5.56 Å². The third-order valence-electron chi connectivity index (χ3n) is 4.39. The Kier molecular flexibility index (Phi) is 5.66. The van der Waals surface area contributed by atoms with Gasteiger partial charge >= 0.3 is 0 Å². The molecule has 1 aliphatic rings. The van der Waals surface area contributed by atoms with Gasteiger partial charge in [-0.2, -0.15) is 0 Å². The van der Waals surface area contributed by atoms with Gasteiger partial charge in [0.15, 0.2) is 5.16 Å². The van der Waals surface area contributed by atoms with Crippen LogP contribution in [0.25, 0.3) is 0 Å². The lowest BCUT2D eigenvalue weighted by Crippen LogP contribution is -2.37. The van der Waals surface area contributed by atoms with Crippen LogP contribution in [-0.4, -0.2) is 34.3 Å². The summed E-state index contributed by atoms with van der Waals surface area (Å²) in [6.45, 7) is 4.77. The number of thioether (sulfide) groups is 1. The Morgan fingerprint density at radius 2 is 2.12 bits per heavy atom. The molecule has 0 radical (unpaired) electrons. The zero-order valence-electron chi connectivity index (χ0n) is 15.0. The van der Waals surface area contributed by atoms with Crippen molar-refractivity contribution in [1.82, 2.24) is 15.3 Å². The highest BCUT2D eigenvalue weighted by molar-refractivity contribution is 8.00. The molecule has 1 fully saturated rings. The lowest BCUT2D eigenvalue weighted by atomic mass is 10.1. The molecule has 1 amide bonds. The fourth-order valence-corrected chi connectivity index (χ4v) is 3.43. The van der Waals surface area contributed by atoms with Crippen LogP contribution in [0.3, 0.4) is 0 Å². The predicted molar refractivity (Wildman–Crippen MR) is 102 cm³/mol. The second-order valence-electron chi connectivity index (χ2n) is 6.77. The number of amides is 1. The number of hydrogen-bond acceptors (Lipinski definition) is 5. The van der Waals surface area contributed by atoms with E-state index in [2.05, 4.69) is 15.3 Å². The maximum absolute atomic E-state index is 12.4. The summed E-state index contributed by atoms with van der Waals surface area (Å²) < 4.78 is 5.84. The summed E-state index contributed by atoms with van der Waals surface area (Å²) in [6.07, 6.45) is 2.10. The standard InChI is InChI=1S/C19H23N3O3S/c1-13-10-16(23)22-18(21-13)26-14(2)17(24)20-11-19(8-9-19)12-25-15-6-4-3-5-7-15/h3-7,10,14H,8-9,11-12H2,1-2H3,(H,20,24)(H,21,22,23). The highest BCUT2D eigenvalue weighted by Crippen LogP contribution is 2.45. The van der Waals surface area contributed by atoms with Crippen LogP contribution < -0.4 is 15.6 Å². The Balaban J connectivity index is 1.47. The lowest BCUT2D eigenvalue weighted by Gasteiger charge is -2.18. The Morgan fingerprint density at radius 1 is 1.38 bits per heavy atom. The summed E-state index contributed by atoms with van der Waals surface area (Å²) in [4.78, 5) is 30.8. The van der Waals surface area contributed by atoms with E-state index in [9.17, 15) is 9.59 Å². The van der Waals surface area contributed by atoms with Gasteiger partial charge in [0.1, 0.15) is 5.75 Å². The van der Waals surface area contributed by atoms with Crippen molar-refractivity contribution in [3.8, 4) is 5.75 Å². The van der Waals surface area contributed by atoms with Gasteiger partial charge in [0.2, 0.25) is 5.91 Å². The van der Waals surface area contributed by atoms with Crippen molar-refractivity contribution in [3.05, 3.63) is 52.4 Å². The van der Waals surface area contributed by atoms with Crippen LogP contribution in [-0.2, 0) is 4.79 Å². The molecule has 2 N–H and O–H groups in total. The van der Waals surface area contributed by atoms with E-state index in [1.54, 1.807) is 6.92 Å². The third-order valence-corrected chi connectivity index (χ3v) is 5.37. The molecule has 1 aromatic heterocycles. The number of aryl methyl sites for hydroxylation is 1. The topological polar surface area (TPSA) is 84.1 Å². The normalized spacial score (nSPS) is 15.9. The minimum Gasteiger partial charge on any atom is -0.493 e. The number of hydrogen-bond donors (Lipinski definition) is 2. The highest BCUT2D eigenvalue weighted by Gasteiger charge is 2.44. The molecule has 1 saturated carbocycles. The summed E-state index contributed by atoms with van der Waals surface area (Å²) >= 11 is 1.25. The maximum Gasteiger partial charge on any atom is 0.251 e. The summed E-state index contributed by atoms with van der Waals surface area (Å²) in [5, 5.41) is 3.13. The number of carbonyl (C=O) groups is 1. The first-order valence-corrected chi connectivity index (χ1v) is 9.54. The van der Waals surface area contributed by atoms with E-state index in [0.29, 0.717) is 24.0 Å². The second kappa shape index (κ2) is 7.95. The monoisotopic (exact) mass is 373 g/mol. The van der Waals surface area contributed by atoms with E-state index in [-0.39, 0.29) is 22.1 Å². The van der Waals surface area contributed by atoms with Gasteiger partial charge in [-0.25, -0.2) is 4.98 Å². The first kappa shape index (κ1) is 18.5. The number of H-pyrrole nitrogens is 1. The molecule has 0 aliphatic heterocycles. The average molecular weight is 373 g/mol. The first-order valence-electron chi connectivity index (χ1n) is 8.66. The Morgan fingerprint density at radius 3 is 2.77 bits per heavy atom. The summed E-state index contributed by atoms with van der Waals surface area (Å²) in [6, 6.07) is 11.1. The molecule has 1 heterocycles. The van der Waals surface area contributed by atoms with Crippen LogP contribution in [0.15, 0.2) is 46.3 Å². The van der Waals surface area contributed by atoms with E-state index in [1.165, 1.54) is 17.8 Å². The SMILES string of the molecule is Cc1cc(=O)[nH]c(SC(C)C(=O)NCC2(COc3ccccc3)CC2)n1.